The number of rotatable bonds is 5. The van der Waals surface area contributed by atoms with Crippen LogP contribution in [0.25, 0.3) is 0 Å². The van der Waals surface area contributed by atoms with Crippen molar-refractivity contribution in [1.82, 2.24) is 0 Å². The van der Waals surface area contributed by atoms with Crippen LogP contribution in [0, 0.1) is 0 Å². The minimum Gasteiger partial charge on any atom is -0.454 e. The topological polar surface area (TPSA) is 44.8 Å². The van der Waals surface area contributed by atoms with Gasteiger partial charge >= 0.3 is 5.97 Å². The van der Waals surface area contributed by atoms with Gasteiger partial charge in [-0.15, -0.1) is 0 Å². The fourth-order valence-corrected chi connectivity index (χ4v) is 4.87. The van der Waals surface area contributed by atoms with Gasteiger partial charge in [-0.1, -0.05) is 41.5 Å². The molecule has 0 bridgehead atoms. The third-order valence-electron chi connectivity index (χ3n) is 5.87. The molecular formula is C17H34BrFO4Si2. The quantitative estimate of drug-likeness (QED) is 0.316. The van der Waals surface area contributed by atoms with Crippen molar-refractivity contribution in [2.24, 2.45) is 0 Å². The average molecular weight is 458 g/mol. The molecule has 0 aliphatic carbocycles. The highest BCUT2D eigenvalue weighted by Gasteiger charge is 2.60. The fraction of sp³-hybridized carbons (Fsp3) is 0.941. The minimum absolute atomic E-state index is 0.0204. The number of esters is 1. The molecule has 8 heteroatoms. The summed E-state index contributed by atoms with van der Waals surface area (Å²) in [5, 5.41) is -0.0842. The van der Waals surface area contributed by atoms with Crippen LogP contribution in [-0.2, 0) is 18.4 Å². The molecule has 3 atom stereocenters. The molecule has 1 aliphatic heterocycles. The molecule has 1 aliphatic rings. The number of carbonyl (C=O) groups is 1. The van der Waals surface area contributed by atoms with Crippen molar-refractivity contribution in [1.29, 1.82) is 0 Å². The number of halogens is 2. The van der Waals surface area contributed by atoms with Gasteiger partial charge in [0.25, 0.3) is 4.58 Å². The Bertz CT molecular complexity index is 510. The molecule has 1 rings (SSSR count). The zero-order valence-corrected chi connectivity index (χ0v) is 20.8. The van der Waals surface area contributed by atoms with E-state index in [0.717, 1.165) is 0 Å². The lowest BCUT2D eigenvalue weighted by molar-refractivity contribution is -0.146. The first-order valence-electron chi connectivity index (χ1n) is 8.73. The van der Waals surface area contributed by atoms with Gasteiger partial charge in [0, 0.05) is 0 Å². The summed E-state index contributed by atoms with van der Waals surface area (Å²) < 4.78 is 30.3. The van der Waals surface area contributed by atoms with Gasteiger partial charge in [-0.05, 0) is 52.2 Å². The van der Waals surface area contributed by atoms with Gasteiger partial charge in [0.05, 0.1) is 6.61 Å². The van der Waals surface area contributed by atoms with Crippen molar-refractivity contribution in [2.75, 3.05) is 6.61 Å². The van der Waals surface area contributed by atoms with Crippen molar-refractivity contribution in [3.05, 3.63) is 0 Å². The summed E-state index contributed by atoms with van der Waals surface area (Å²) in [7, 11) is -4.33. The average Bonchev–Trinajstić information content (AvgIpc) is 2.57. The van der Waals surface area contributed by atoms with E-state index in [1.54, 1.807) is 0 Å². The van der Waals surface area contributed by atoms with Crippen LogP contribution in [0.15, 0.2) is 0 Å². The SMILES string of the molecule is CC(C)(C)[Si](C)(C)OC[C@H]1OC(=O)[C@](F)(Br)[C@@H]1O[Si](C)(C)C(C)(C)C. The van der Waals surface area contributed by atoms with Crippen molar-refractivity contribution in [2.45, 2.75) is 94.6 Å². The van der Waals surface area contributed by atoms with Crippen LogP contribution in [0.3, 0.4) is 0 Å². The van der Waals surface area contributed by atoms with Crippen molar-refractivity contribution in [3.8, 4) is 0 Å². The zero-order chi connectivity index (χ0) is 20.1. The van der Waals surface area contributed by atoms with Gasteiger partial charge < -0.3 is 13.6 Å². The molecular weight excluding hydrogens is 423 g/mol. The first-order valence-corrected chi connectivity index (χ1v) is 15.3. The first-order chi connectivity index (χ1) is 10.8. The second-order valence-electron chi connectivity index (χ2n) is 9.94. The fourth-order valence-electron chi connectivity index (χ4n) is 1.90. The zero-order valence-electron chi connectivity index (χ0n) is 17.3. The highest BCUT2D eigenvalue weighted by molar-refractivity contribution is 9.10. The maximum atomic E-state index is 15.0. The molecule has 0 aromatic rings. The molecule has 0 N–H and O–H groups in total. The van der Waals surface area contributed by atoms with Gasteiger partial charge in [-0.3, -0.25) is 0 Å². The van der Waals surface area contributed by atoms with E-state index in [0.29, 0.717) is 0 Å². The molecule has 0 spiro atoms. The van der Waals surface area contributed by atoms with E-state index in [1.165, 1.54) is 0 Å². The lowest BCUT2D eigenvalue weighted by atomic mass is 10.2. The summed E-state index contributed by atoms with van der Waals surface area (Å²) >= 11 is 2.91. The van der Waals surface area contributed by atoms with Crippen LogP contribution < -0.4 is 0 Å². The van der Waals surface area contributed by atoms with Crippen LogP contribution in [0.1, 0.15) is 41.5 Å². The lowest BCUT2D eigenvalue weighted by Gasteiger charge is -2.41. The molecule has 1 heterocycles. The normalized spacial score (nSPS) is 29.0. The van der Waals surface area contributed by atoms with Crippen LogP contribution in [0.5, 0.6) is 0 Å². The number of alkyl halides is 2. The molecule has 25 heavy (non-hydrogen) atoms. The smallest absolute Gasteiger partial charge is 0.358 e. The monoisotopic (exact) mass is 456 g/mol. The molecule has 1 fully saturated rings. The Morgan fingerprint density at radius 2 is 1.52 bits per heavy atom. The van der Waals surface area contributed by atoms with E-state index in [9.17, 15) is 9.18 Å². The highest BCUT2D eigenvalue weighted by atomic mass is 79.9. The summed E-state index contributed by atoms with van der Waals surface area (Å²) in [6.45, 7) is 21.1. The third kappa shape index (κ3) is 4.94. The Balaban J connectivity index is 3.00. The van der Waals surface area contributed by atoms with E-state index in [2.05, 4.69) is 70.6 Å². The Morgan fingerprint density at radius 1 is 1.08 bits per heavy atom. The standard InChI is InChI=1S/C17H34BrFO4Si2/c1-15(2,3)24(7,8)21-11-12-13(17(18,19)14(20)22-12)23-25(9,10)16(4,5)6/h12-13H,11H2,1-10H3/t12-,13-,17+/m1/s1. The van der Waals surface area contributed by atoms with E-state index < -0.39 is 39.4 Å². The molecule has 1 saturated heterocycles. The summed E-state index contributed by atoms with van der Waals surface area (Å²) in [5.74, 6) is -0.931. The second kappa shape index (κ2) is 7.00. The molecule has 0 unspecified atom stereocenters. The van der Waals surface area contributed by atoms with E-state index >= 15 is 0 Å². The van der Waals surface area contributed by atoms with Crippen LogP contribution in [0.4, 0.5) is 4.39 Å². The summed E-state index contributed by atoms with van der Waals surface area (Å²) in [6.07, 6.45) is -1.76. The van der Waals surface area contributed by atoms with Crippen LogP contribution >= 0.6 is 15.9 Å². The second-order valence-corrected chi connectivity index (χ2v) is 20.7. The molecule has 0 saturated carbocycles. The Labute approximate surface area is 162 Å². The first kappa shape index (κ1) is 23.3. The summed E-state index contributed by atoms with van der Waals surface area (Å²) in [5.41, 5.74) is 0. The van der Waals surface area contributed by atoms with Crippen LogP contribution in [-0.4, -0.2) is 46.0 Å². The predicted molar refractivity (Wildman–Crippen MR) is 108 cm³/mol. The van der Waals surface area contributed by atoms with E-state index in [-0.39, 0.29) is 16.7 Å². The molecule has 0 aromatic heterocycles. The van der Waals surface area contributed by atoms with Gasteiger partial charge in [0.2, 0.25) is 0 Å². The van der Waals surface area contributed by atoms with Crippen molar-refractivity contribution >= 4 is 38.5 Å². The van der Waals surface area contributed by atoms with Gasteiger partial charge in [0.1, 0.15) is 6.10 Å². The Kier molecular flexibility index (Phi) is 6.52. The number of cyclic esters (lactones) is 1. The van der Waals surface area contributed by atoms with Gasteiger partial charge in [-0.2, -0.15) is 0 Å². The lowest BCUT2D eigenvalue weighted by Crippen LogP contribution is -2.52. The number of ether oxygens (including phenoxy) is 1. The summed E-state index contributed by atoms with van der Waals surface area (Å²) in [6, 6.07) is 0. The summed E-state index contributed by atoms with van der Waals surface area (Å²) in [4.78, 5) is 12.0. The molecule has 0 aromatic carbocycles. The highest BCUT2D eigenvalue weighted by Crippen LogP contribution is 2.45. The molecule has 0 amide bonds. The number of carbonyl (C=O) groups excluding carboxylic acids is 1. The van der Waals surface area contributed by atoms with Crippen molar-refractivity contribution < 1.29 is 22.8 Å². The van der Waals surface area contributed by atoms with Gasteiger partial charge in [0.15, 0.2) is 22.7 Å². The van der Waals surface area contributed by atoms with Crippen LogP contribution in [0.2, 0.25) is 36.3 Å². The number of hydrogen-bond donors (Lipinski definition) is 0. The predicted octanol–water partition coefficient (Wildman–Crippen LogP) is 5.38. The maximum Gasteiger partial charge on any atom is 0.358 e. The van der Waals surface area contributed by atoms with Gasteiger partial charge in [-0.25, -0.2) is 9.18 Å². The molecule has 4 nitrogen and oxygen atoms in total. The number of hydrogen-bond acceptors (Lipinski definition) is 4. The molecule has 148 valence electrons. The molecule has 0 radical (unpaired) electrons. The van der Waals surface area contributed by atoms with E-state index in [1.807, 2.05) is 13.1 Å². The maximum absolute atomic E-state index is 15.0. The third-order valence-corrected chi connectivity index (χ3v) is 15.6. The Morgan fingerprint density at radius 3 is 1.92 bits per heavy atom. The van der Waals surface area contributed by atoms with Crippen molar-refractivity contribution in [3.63, 3.8) is 0 Å². The minimum atomic E-state index is -2.33. The Hall–Kier alpha value is 0.234. The largest absolute Gasteiger partial charge is 0.454 e. The van der Waals surface area contributed by atoms with E-state index in [4.69, 9.17) is 13.6 Å².